The van der Waals surface area contributed by atoms with Crippen molar-refractivity contribution in [2.45, 2.75) is 64.5 Å². The molecule has 1 amide bonds. The molecule has 22 heavy (non-hydrogen) atoms. The molecule has 0 bridgehead atoms. The van der Waals surface area contributed by atoms with Crippen molar-refractivity contribution in [3.05, 3.63) is 23.0 Å². The number of amides is 1. The van der Waals surface area contributed by atoms with Gasteiger partial charge in [-0.25, -0.2) is 0 Å². The Hall–Kier alpha value is -1.000. The summed E-state index contributed by atoms with van der Waals surface area (Å²) in [6, 6.07) is 2.95. The standard InChI is InChI=1S/C17H27N3O.ClH/c1-12-10-16(17(21)19-14-8-9-18-11-14)13(2)20(12)15-6-4-3-5-7-15;/h10,14-15,18H,3-9,11H2,1-2H3,(H,19,21);1H. The molecular weight excluding hydrogens is 298 g/mol. The Kier molecular flexibility index (Phi) is 5.93. The molecule has 1 aliphatic carbocycles. The van der Waals surface area contributed by atoms with E-state index in [9.17, 15) is 4.79 Å². The van der Waals surface area contributed by atoms with Crippen molar-refractivity contribution in [2.75, 3.05) is 13.1 Å². The molecule has 2 aliphatic rings. The summed E-state index contributed by atoms with van der Waals surface area (Å²) in [4.78, 5) is 12.5. The summed E-state index contributed by atoms with van der Waals surface area (Å²) < 4.78 is 2.40. The number of carbonyl (C=O) groups is 1. The third-order valence-corrected chi connectivity index (χ3v) is 5.06. The van der Waals surface area contributed by atoms with Crippen LogP contribution in [0.15, 0.2) is 6.07 Å². The number of nitrogens with one attached hydrogen (secondary N) is 2. The van der Waals surface area contributed by atoms with Crippen LogP contribution in [0.4, 0.5) is 0 Å². The number of aromatic nitrogens is 1. The maximum atomic E-state index is 12.5. The third kappa shape index (κ3) is 3.49. The van der Waals surface area contributed by atoms with Crippen molar-refractivity contribution in [2.24, 2.45) is 0 Å². The van der Waals surface area contributed by atoms with E-state index in [1.807, 2.05) is 0 Å². The smallest absolute Gasteiger partial charge is 0.253 e. The van der Waals surface area contributed by atoms with Crippen molar-refractivity contribution in [1.29, 1.82) is 0 Å². The van der Waals surface area contributed by atoms with E-state index in [1.165, 1.54) is 37.8 Å². The maximum absolute atomic E-state index is 12.5. The van der Waals surface area contributed by atoms with Crippen LogP contribution >= 0.6 is 12.4 Å². The second kappa shape index (κ2) is 7.51. The molecule has 1 saturated heterocycles. The van der Waals surface area contributed by atoms with Crippen LogP contribution in [0.25, 0.3) is 0 Å². The lowest BCUT2D eigenvalue weighted by atomic mass is 9.95. The van der Waals surface area contributed by atoms with Gasteiger partial charge in [-0.05, 0) is 45.7 Å². The molecule has 4 nitrogen and oxygen atoms in total. The van der Waals surface area contributed by atoms with Crippen LogP contribution in [0.5, 0.6) is 0 Å². The molecule has 0 spiro atoms. The largest absolute Gasteiger partial charge is 0.348 e. The summed E-state index contributed by atoms with van der Waals surface area (Å²) in [7, 11) is 0. The first kappa shape index (κ1) is 17.4. The fraction of sp³-hybridized carbons (Fsp3) is 0.706. The highest BCUT2D eigenvalue weighted by Crippen LogP contribution is 2.32. The second-order valence-electron chi connectivity index (χ2n) is 6.61. The van der Waals surface area contributed by atoms with Crippen LogP contribution in [-0.2, 0) is 0 Å². The lowest BCUT2D eigenvalue weighted by Crippen LogP contribution is -2.36. The molecule has 1 aromatic rings. The normalized spacial score (nSPS) is 22.4. The van der Waals surface area contributed by atoms with Crippen LogP contribution in [0, 0.1) is 13.8 Å². The van der Waals surface area contributed by atoms with E-state index in [0.29, 0.717) is 6.04 Å². The Morgan fingerprint density at radius 1 is 1.23 bits per heavy atom. The first-order valence-electron chi connectivity index (χ1n) is 8.37. The first-order chi connectivity index (χ1) is 10.2. The van der Waals surface area contributed by atoms with E-state index in [1.54, 1.807) is 0 Å². The minimum absolute atomic E-state index is 0. The van der Waals surface area contributed by atoms with Gasteiger partial charge in [-0.3, -0.25) is 4.79 Å². The van der Waals surface area contributed by atoms with Gasteiger partial charge < -0.3 is 15.2 Å². The molecular formula is C17H28ClN3O. The van der Waals surface area contributed by atoms with Gasteiger partial charge in [-0.15, -0.1) is 12.4 Å². The van der Waals surface area contributed by atoms with Gasteiger partial charge in [-0.2, -0.15) is 0 Å². The zero-order chi connectivity index (χ0) is 14.8. The zero-order valence-electron chi connectivity index (χ0n) is 13.7. The van der Waals surface area contributed by atoms with Gasteiger partial charge in [0.25, 0.3) is 5.91 Å². The van der Waals surface area contributed by atoms with E-state index in [0.717, 1.165) is 30.8 Å². The molecule has 1 unspecified atom stereocenters. The molecule has 2 fully saturated rings. The number of aryl methyl sites for hydroxylation is 1. The fourth-order valence-corrected chi connectivity index (χ4v) is 3.95. The summed E-state index contributed by atoms with van der Waals surface area (Å²) in [5, 5.41) is 6.46. The molecule has 0 aromatic carbocycles. The lowest BCUT2D eigenvalue weighted by molar-refractivity contribution is 0.0939. The van der Waals surface area contributed by atoms with Gasteiger partial charge in [0.15, 0.2) is 0 Å². The van der Waals surface area contributed by atoms with Crippen molar-refractivity contribution >= 4 is 18.3 Å². The summed E-state index contributed by atoms with van der Waals surface area (Å²) in [5.74, 6) is 0.0962. The highest BCUT2D eigenvalue weighted by atomic mass is 35.5. The molecule has 1 aromatic heterocycles. The Morgan fingerprint density at radius 3 is 2.59 bits per heavy atom. The van der Waals surface area contributed by atoms with Gasteiger partial charge in [0.1, 0.15) is 0 Å². The first-order valence-corrected chi connectivity index (χ1v) is 8.37. The monoisotopic (exact) mass is 325 g/mol. The number of halogens is 1. The molecule has 2 N–H and O–H groups in total. The zero-order valence-corrected chi connectivity index (χ0v) is 14.5. The summed E-state index contributed by atoms with van der Waals surface area (Å²) in [5.41, 5.74) is 3.24. The minimum atomic E-state index is 0. The highest BCUT2D eigenvalue weighted by Gasteiger charge is 2.24. The predicted molar refractivity (Wildman–Crippen MR) is 92.0 cm³/mol. The van der Waals surface area contributed by atoms with Gasteiger partial charge in [0, 0.05) is 30.0 Å². The summed E-state index contributed by atoms with van der Waals surface area (Å²) >= 11 is 0. The number of nitrogens with zero attached hydrogens (tertiary/aromatic N) is 1. The molecule has 1 atom stereocenters. The molecule has 2 heterocycles. The quantitative estimate of drug-likeness (QED) is 0.897. The van der Waals surface area contributed by atoms with E-state index >= 15 is 0 Å². The third-order valence-electron chi connectivity index (χ3n) is 5.06. The molecule has 1 aliphatic heterocycles. The molecule has 5 heteroatoms. The van der Waals surface area contributed by atoms with Gasteiger partial charge in [0.2, 0.25) is 0 Å². The Balaban J connectivity index is 0.00000176. The highest BCUT2D eigenvalue weighted by molar-refractivity contribution is 5.96. The van der Waals surface area contributed by atoms with Crippen LogP contribution in [-0.4, -0.2) is 29.6 Å². The topological polar surface area (TPSA) is 46.1 Å². The number of rotatable bonds is 3. The molecule has 3 rings (SSSR count). The van der Waals surface area contributed by atoms with Crippen molar-refractivity contribution < 1.29 is 4.79 Å². The van der Waals surface area contributed by atoms with Crippen molar-refractivity contribution in [1.82, 2.24) is 15.2 Å². The van der Waals surface area contributed by atoms with Crippen LogP contribution in [0.3, 0.4) is 0 Å². The average Bonchev–Trinajstić information content (AvgIpc) is 3.08. The van der Waals surface area contributed by atoms with Gasteiger partial charge in [0.05, 0.1) is 5.56 Å². The van der Waals surface area contributed by atoms with Gasteiger partial charge >= 0.3 is 0 Å². The SMILES string of the molecule is Cc1cc(C(=O)NC2CCNC2)c(C)n1C1CCCCC1.Cl. The Bertz CT molecular complexity index is 514. The molecule has 1 saturated carbocycles. The number of hydrogen-bond donors (Lipinski definition) is 2. The van der Waals surface area contributed by atoms with E-state index in [2.05, 4.69) is 35.1 Å². The van der Waals surface area contributed by atoms with Gasteiger partial charge in [-0.1, -0.05) is 19.3 Å². The Morgan fingerprint density at radius 2 is 1.95 bits per heavy atom. The van der Waals surface area contributed by atoms with Crippen molar-refractivity contribution in [3.8, 4) is 0 Å². The number of hydrogen-bond acceptors (Lipinski definition) is 2. The Labute approximate surface area is 139 Å². The summed E-state index contributed by atoms with van der Waals surface area (Å²) in [6.45, 7) is 6.14. The summed E-state index contributed by atoms with van der Waals surface area (Å²) in [6.07, 6.45) is 7.53. The second-order valence-corrected chi connectivity index (χ2v) is 6.61. The maximum Gasteiger partial charge on any atom is 0.253 e. The molecule has 124 valence electrons. The average molecular weight is 326 g/mol. The molecule has 0 radical (unpaired) electrons. The van der Waals surface area contributed by atoms with Crippen LogP contribution in [0.2, 0.25) is 0 Å². The fourth-order valence-electron chi connectivity index (χ4n) is 3.95. The van der Waals surface area contributed by atoms with Crippen LogP contribution in [0.1, 0.15) is 66.3 Å². The predicted octanol–water partition coefficient (Wildman–Crippen LogP) is 3.12. The van der Waals surface area contributed by atoms with E-state index < -0.39 is 0 Å². The lowest BCUT2D eigenvalue weighted by Gasteiger charge is -2.26. The van der Waals surface area contributed by atoms with E-state index in [-0.39, 0.29) is 24.4 Å². The van der Waals surface area contributed by atoms with Crippen molar-refractivity contribution in [3.63, 3.8) is 0 Å². The minimum Gasteiger partial charge on any atom is -0.348 e. The number of carbonyl (C=O) groups excluding carboxylic acids is 1. The van der Waals surface area contributed by atoms with Crippen LogP contribution < -0.4 is 10.6 Å². The van der Waals surface area contributed by atoms with E-state index in [4.69, 9.17) is 0 Å².